The number of amides is 1. The fraction of sp³-hybridized carbons (Fsp3) is 0.304. The van der Waals surface area contributed by atoms with E-state index < -0.39 is 0 Å². The lowest BCUT2D eigenvalue weighted by atomic mass is 10.1. The van der Waals surface area contributed by atoms with Crippen LogP contribution in [0.2, 0.25) is 0 Å². The highest BCUT2D eigenvalue weighted by atomic mass is 32.2. The number of carbonyl (C=O) groups excluding carboxylic acids is 1. The smallest absolute Gasteiger partial charge is 0.271 e. The number of hydrogen-bond donors (Lipinski definition) is 0. The molecule has 29 heavy (non-hydrogen) atoms. The SMILES string of the molecule is Cc1cccc(N2C(=O)/C(=C/c3ccc4c(c3)OCCO4)S/C2=N\C(C)C)c1C. The van der Waals surface area contributed by atoms with Crippen molar-refractivity contribution in [2.45, 2.75) is 33.7 Å². The number of aliphatic imine (C=N–C) groups is 1. The first-order chi connectivity index (χ1) is 13.9. The molecular formula is C23H24N2O3S. The Hall–Kier alpha value is -2.73. The normalized spacial score (nSPS) is 18.9. The van der Waals surface area contributed by atoms with Crippen LogP contribution in [0.25, 0.3) is 6.08 Å². The molecule has 0 spiro atoms. The minimum absolute atomic E-state index is 0.0574. The maximum Gasteiger partial charge on any atom is 0.271 e. The summed E-state index contributed by atoms with van der Waals surface area (Å²) in [5.74, 6) is 1.39. The molecule has 0 saturated carbocycles. The van der Waals surface area contributed by atoms with Crippen molar-refractivity contribution in [3.05, 3.63) is 58.0 Å². The van der Waals surface area contributed by atoms with Crippen molar-refractivity contribution in [3.63, 3.8) is 0 Å². The molecule has 4 rings (SSSR count). The molecule has 0 atom stereocenters. The third-order valence-corrected chi connectivity index (χ3v) is 5.84. The van der Waals surface area contributed by atoms with Gasteiger partial charge in [0.15, 0.2) is 16.7 Å². The zero-order chi connectivity index (χ0) is 20.5. The molecule has 2 aliphatic rings. The Labute approximate surface area is 175 Å². The fourth-order valence-corrected chi connectivity index (χ4v) is 4.38. The van der Waals surface area contributed by atoms with Crippen LogP contribution in [0.5, 0.6) is 11.5 Å². The quantitative estimate of drug-likeness (QED) is 0.674. The predicted octanol–water partition coefficient (Wildman–Crippen LogP) is 4.96. The molecule has 2 heterocycles. The molecule has 5 nitrogen and oxygen atoms in total. The van der Waals surface area contributed by atoms with Gasteiger partial charge in [0.2, 0.25) is 0 Å². The number of ether oxygens (including phenoxy) is 2. The summed E-state index contributed by atoms with van der Waals surface area (Å²) in [6, 6.07) is 11.8. The number of nitrogens with zero attached hydrogens (tertiary/aromatic N) is 2. The molecule has 2 aromatic rings. The molecule has 2 aliphatic heterocycles. The highest BCUT2D eigenvalue weighted by Gasteiger charge is 2.35. The van der Waals surface area contributed by atoms with Crippen LogP contribution < -0.4 is 14.4 Å². The Balaban J connectivity index is 1.74. The molecule has 0 aromatic heterocycles. The molecule has 0 N–H and O–H groups in total. The summed E-state index contributed by atoms with van der Waals surface area (Å²) in [6.07, 6.45) is 1.90. The van der Waals surface area contributed by atoms with E-state index in [-0.39, 0.29) is 11.9 Å². The highest BCUT2D eigenvalue weighted by molar-refractivity contribution is 8.19. The minimum Gasteiger partial charge on any atom is -0.486 e. The number of aryl methyl sites for hydroxylation is 1. The van der Waals surface area contributed by atoms with Gasteiger partial charge in [-0.05, 0) is 80.4 Å². The van der Waals surface area contributed by atoms with Gasteiger partial charge in [-0.1, -0.05) is 18.2 Å². The number of carbonyl (C=O) groups is 1. The number of amidine groups is 1. The third-order valence-electron chi connectivity index (χ3n) is 4.86. The lowest BCUT2D eigenvalue weighted by Gasteiger charge is -2.20. The molecule has 6 heteroatoms. The summed E-state index contributed by atoms with van der Waals surface area (Å²) >= 11 is 1.41. The van der Waals surface area contributed by atoms with Crippen LogP contribution in [0.4, 0.5) is 5.69 Å². The van der Waals surface area contributed by atoms with E-state index in [2.05, 4.69) is 13.0 Å². The van der Waals surface area contributed by atoms with E-state index in [9.17, 15) is 4.79 Å². The molecule has 150 valence electrons. The largest absolute Gasteiger partial charge is 0.486 e. The first-order valence-electron chi connectivity index (χ1n) is 9.71. The van der Waals surface area contributed by atoms with E-state index in [1.54, 1.807) is 4.90 Å². The molecule has 0 radical (unpaired) electrons. The van der Waals surface area contributed by atoms with Gasteiger partial charge >= 0.3 is 0 Å². The second-order valence-electron chi connectivity index (χ2n) is 7.38. The van der Waals surface area contributed by atoms with Gasteiger partial charge in [-0.3, -0.25) is 14.7 Å². The van der Waals surface area contributed by atoms with Gasteiger partial charge in [0.25, 0.3) is 5.91 Å². The van der Waals surface area contributed by atoms with E-state index in [0.717, 1.165) is 28.1 Å². The summed E-state index contributed by atoms with van der Waals surface area (Å²) in [7, 11) is 0. The number of thioether (sulfide) groups is 1. The number of fused-ring (bicyclic) bond motifs is 1. The van der Waals surface area contributed by atoms with E-state index in [4.69, 9.17) is 14.5 Å². The van der Waals surface area contributed by atoms with Gasteiger partial charge in [0, 0.05) is 6.04 Å². The van der Waals surface area contributed by atoms with Crippen molar-refractivity contribution in [3.8, 4) is 11.5 Å². The van der Waals surface area contributed by atoms with Gasteiger partial charge in [-0.15, -0.1) is 0 Å². The number of hydrogen-bond acceptors (Lipinski definition) is 5. The van der Waals surface area contributed by atoms with Crippen LogP contribution in [0.1, 0.15) is 30.5 Å². The van der Waals surface area contributed by atoms with Gasteiger partial charge < -0.3 is 9.47 Å². The van der Waals surface area contributed by atoms with Crippen molar-refractivity contribution in [1.82, 2.24) is 0 Å². The average Bonchev–Trinajstić information content (AvgIpc) is 2.98. The Morgan fingerprint density at radius 2 is 1.86 bits per heavy atom. The summed E-state index contributed by atoms with van der Waals surface area (Å²) in [6.45, 7) is 9.22. The zero-order valence-corrected chi connectivity index (χ0v) is 17.9. The molecule has 1 amide bonds. The molecule has 1 saturated heterocycles. The van der Waals surface area contributed by atoms with Gasteiger partial charge in [-0.2, -0.15) is 0 Å². The van der Waals surface area contributed by atoms with E-state index in [1.165, 1.54) is 11.8 Å². The lowest BCUT2D eigenvalue weighted by molar-refractivity contribution is -0.113. The van der Waals surface area contributed by atoms with Gasteiger partial charge in [-0.25, -0.2) is 0 Å². The molecular weight excluding hydrogens is 384 g/mol. The standard InChI is InChI=1S/C23H24N2O3S/c1-14(2)24-23-25(18-7-5-6-15(3)16(18)4)22(26)21(29-23)13-17-8-9-19-20(12-17)28-11-10-27-19/h5-9,12-14H,10-11H2,1-4H3/b21-13-,24-23-. The molecule has 1 fully saturated rings. The fourth-order valence-electron chi connectivity index (χ4n) is 3.27. The summed E-state index contributed by atoms with van der Waals surface area (Å²) in [4.78, 5) is 20.4. The van der Waals surface area contributed by atoms with Crippen molar-refractivity contribution < 1.29 is 14.3 Å². The van der Waals surface area contributed by atoms with Crippen LogP contribution in [0.3, 0.4) is 0 Å². The van der Waals surface area contributed by atoms with Gasteiger partial charge in [0.1, 0.15) is 13.2 Å². The summed E-state index contributed by atoms with van der Waals surface area (Å²) in [5.41, 5.74) is 4.01. The lowest BCUT2D eigenvalue weighted by Crippen LogP contribution is -2.30. The van der Waals surface area contributed by atoms with E-state index >= 15 is 0 Å². The second-order valence-corrected chi connectivity index (χ2v) is 8.39. The average molecular weight is 409 g/mol. The summed E-state index contributed by atoms with van der Waals surface area (Å²) < 4.78 is 11.3. The van der Waals surface area contributed by atoms with E-state index in [0.29, 0.717) is 29.0 Å². The minimum atomic E-state index is -0.0574. The first-order valence-corrected chi connectivity index (χ1v) is 10.5. The first kappa shape index (κ1) is 19.6. The topological polar surface area (TPSA) is 51.1 Å². The zero-order valence-electron chi connectivity index (χ0n) is 17.1. The Morgan fingerprint density at radius 1 is 1.10 bits per heavy atom. The Morgan fingerprint density at radius 3 is 2.62 bits per heavy atom. The van der Waals surface area contributed by atoms with Crippen molar-refractivity contribution in [1.29, 1.82) is 0 Å². The van der Waals surface area contributed by atoms with Crippen molar-refractivity contribution in [2.75, 3.05) is 18.1 Å². The maximum atomic E-state index is 13.4. The number of benzene rings is 2. The second kappa shape index (κ2) is 7.95. The van der Waals surface area contributed by atoms with Crippen LogP contribution in [0, 0.1) is 13.8 Å². The third kappa shape index (κ3) is 3.90. The van der Waals surface area contributed by atoms with Crippen LogP contribution in [0.15, 0.2) is 46.3 Å². The molecule has 0 unspecified atom stereocenters. The van der Waals surface area contributed by atoms with Crippen LogP contribution >= 0.6 is 11.8 Å². The van der Waals surface area contributed by atoms with E-state index in [1.807, 2.05) is 57.2 Å². The summed E-state index contributed by atoms with van der Waals surface area (Å²) in [5, 5.41) is 0.711. The monoisotopic (exact) mass is 408 g/mol. The predicted molar refractivity (Wildman–Crippen MR) is 119 cm³/mol. The van der Waals surface area contributed by atoms with Crippen LogP contribution in [-0.4, -0.2) is 30.3 Å². The van der Waals surface area contributed by atoms with Crippen molar-refractivity contribution >= 4 is 34.6 Å². The molecule has 2 aromatic carbocycles. The Kier molecular flexibility index (Phi) is 5.37. The molecule has 0 bridgehead atoms. The van der Waals surface area contributed by atoms with Gasteiger partial charge in [0.05, 0.1) is 10.6 Å². The number of rotatable bonds is 3. The molecule has 0 aliphatic carbocycles. The highest BCUT2D eigenvalue weighted by Crippen LogP contribution is 2.39. The number of anilines is 1. The Bertz CT molecular complexity index is 1030. The van der Waals surface area contributed by atoms with Crippen molar-refractivity contribution in [2.24, 2.45) is 4.99 Å². The maximum absolute atomic E-state index is 13.4. The van der Waals surface area contributed by atoms with Crippen LogP contribution in [-0.2, 0) is 4.79 Å².